The molecule has 0 aromatic carbocycles. The van der Waals surface area contributed by atoms with Crippen molar-refractivity contribution in [3.63, 3.8) is 0 Å². The van der Waals surface area contributed by atoms with E-state index in [2.05, 4.69) is 38.0 Å². The molecule has 0 spiro atoms. The van der Waals surface area contributed by atoms with E-state index >= 15 is 0 Å². The molecule has 29 heavy (non-hydrogen) atoms. The van der Waals surface area contributed by atoms with Crippen LogP contribution >= 0.6 is 22.7 Å². The molecule has 1 aliphatic rings. The van der Waals surface area contributed by atoms with Crippen molar-refractivity contribution in [3.8, 4) is 0 Å². The monoisotopic (exact) mass is 445 g/mol. The third kappa shape index (κ3) is 6.42. The van der Waals surface area contributed by atoms with Gasteiger partial charge in [-0.25, -0.2) is 4.98 Å². The predicted octanol–water partition coefficient (Wildman–Crippen LogP) is 4.16. The second-order valence-electron chi connectivity index (χ2n) is 6.79. The van der Waals surface area contributed by atoms with Crippen LogP contribution in [0.25, 0.3) is 0 Å². The highest BCUT2D eigenvalue weighted by Crippen LogP contribution is 2.30. The summed E-state index contributed by atoms with van der Waals surface area (Å²) in [4.78, 5) is 12.2. The molecule has 10 heteroatoms. The highest BCUT2D eigenvalue weighted by atomic mass is 32.1. The number of nitrogens with zero attached hydrogens (tertiary/aromatic N) is 3. The van der Waals surface area contributed by atoms with Gasteiger partial charge in [0.1, 0.15) is 0 Å². The van der Waals surface area contributed by atoms with Crippen molar-refractivity contribution in [2.45, 2.75) is 38.4 Å². The number of aliphatic imine (C=N–C) groups is 1. The summed E-state index contributed by atoms with van der Waals surface area (Å²) in [6.07, 6.45) is -1.52. The number of guanidine groups is 1. The lowest BCUT2D eigenvalue weighted by Gasteiger charge is -2.25. The van der Waals surface area contributed by atoms with E-state index in [-0.39, 0.29) is 6.04 Å². The lowest BCUT2D eigenvalue weighted by Crippen LogP contribution is -2.39. The van der Waals surface area contributed by atoms with Crippen LogP contribution in [0.1, 0.15) is 41.4 Å². The molecule has 160 valence electrons. The highest BCUT2D eigenvalue weighted by molar-refractivity contribution is 7.10. The third-order valence-corrected chi connectivity index (χ3v) is 6.58. The van der Waals surface area contributed by atoms with Gasteiger partial charge in [-0.1, -0.05) is 6.07 Å². The first-order valence-electron chi connectivity index (χ1n) is 9.78. The quantitative estimate of drug-likeness (QED) is 0.473. The number of rotatable bonds is 8. The number of alkyl halides is 3. The molecule has 2 N–H and O–H groups in total. The minimum Gasteiger partial charge on any atom is -0.357 e. The van der Waals surface area contributed by atoms with E-state index in [1.165, 1.54) is 17.7 Å². The Morgan fingerprint density at radius 3 is 2.69 bits per heavy atom. The molecule has 2 aromatic heterocycles. The number of aromatic nitrogens is 1. The third-order valence-electron chi connectivity index (χ3n) is 4.69. The molecule has 2 aromatic rings. The summed E-state index contributed by atoms with van der Waals surface area (Å²) in [5.74, 6) is 0.681. The standard InChI is InChI=1S/C19H26F3N5S2/c1-2-23-18(24-8-7-17-26-16(13-29-17)19(20,21)22)25-12-14(15-6-5-11-28-15)27-9-3-4-10-27/h5-6,11,13-14H,2-4,7-10,12H2,1H3,(H2,23,24,25). The minimum absolute atomic E-state index is 0.265. The van der Waals surface area contributed by atoms with E-state index < -0.39 is 11.9 Å². The first-order valence-corrected chi connectivity index (χ1v) is 11.5. The Balaban J connectivity index is 1.57. The molecule has 1 saturated heterocycles. The molecule has 0 bridgehead atoms. The van der Waals surface area contributed by atoms with Gasteiger partial charge >= 0.3 is 6.18 Å². The van der Waals surface area contributed by atoms with E-state index in [4.69, 9.17) is 4.99 Å². The SMILES string of the molecule is CCNC(=NCC(c1cccs1)N1CCCC1)NCCc1nc(C(F)(F)F)cs1. The Bertz CT molecular complexity index is 767. The van der Waals surface area contributed by atoms with E-state index in [1.54, 1.807) is 11.3 Å². The topological polar surface area (TPSA) is 52.6 Å². The molecule has 1 atom stereocenters. The lowest BCUT2D eigenvalue weighted by atomic mass is 10.2. The van der Waals surface area contributed by atoms with Gasteiger partial charge in [0.2, 0.25) is 0 Å². The number of halogens is 3. The number of likely N-dealkylation sites (tertiary alicyclic amines) is 1. The summed E-state index contributed by atoms with van der Waals surface area (Å²) in [6.45, 7) is 6.01. The van der Waals surface area contributed by atoms with Gasteiger partial charge in [0, 0.05) is 29.8 Å². The Hall–Kier alpha value is -1.65. The zero-order valence-electron chi connectivity index (χ0n) is 16.3. The first-order chi connectivity index (χ1) is 14.0. The average molecular weight is 446 g/mol. The van der Waals surface area contributed by atoms with Gasteiger partial charge in [-0.2, -0.15) is 13.2 Å². The molecule has 0 radical (unpaired) electrons. The van der Waals surface area contributed by atoms with Crippen molar-refractivity contribution in [3.05, 3.63) is 38.5 Å². The number of hydrogen-bond acceptors (Lipinski definition) is 5. The van der Waals surface area contributed by atoms with Crippen molar-refractivity contribution in [2.24, 2.45) is 4.99 Å². The Morgan fingerprint density at radius 2 is 2.07 bits per heavy atom. The van der Waals surface area contributed by atoms with Crippen molar-refractivity contribution in [1.29, 1.82) is 0 Å². The van der Waals surface area contributed by atoms with Gasteiger partial charge in [0.25, 0.3) is 0 Å². The Labute approximate surface area is 177 Å². The van der Waals surface area contributed by atoms with E-state index in [0.717, 1.165) is 29.8 Å². The Morgan fingerprint density at radius 1 is 1.28 bits per heavy atom. The number of thiophene rings is 1. The van der Waals surface area contributed by atoms with Gasteiger partial charge < -0.3 is 10.6 Å². The second kappa shape index (κ2) is 10.4. The molecular formula is C19H26F3N5S2. The van der Waals surface area contributed by atoms with Crippen LogP contribution < -0.4 is 10.6 Å². The van der Waals surface area contributed by atoms with Gasteiger partial charge in [-0.05, 0) is 44.3 Å². The summed E-state index contributed by atoms with van der Waals surface area (Å²) < 4.78 is 38.0. The normalized spacial score (nSPS) is 16.9. The fourth-order valence-corrected chi connectivity index (χ4v) is 4.94. The van der Waals surface area contributed by atoms with E-state index in [1.807, 2.05) is 6.92 Å². The fourth-order valence-electron chi connectivity index (χ4n) is 3.28. The molecule has 5 nitrogen and oxygen atoms in total. The number of hydrogen-bond donors (Lipinski definition) is 2. The minimum atomic E-state index is -4.38. The van der Waals surface area contributed by atoms with Crippen LogP contribution in [0.5, 0.6) is 0 Å². The van der Waals surface area contributed by atoms with Crippen LogP contribution in [0.2, 0.25) is 0 Å². The molecule has 3 rings (SSSR count). The van der Waals surface area contributed by atoms with Gasteiger partial charge in [0.05, 0.1) is 17.6 Å². The summed E-state index contributed by atoms with van der Waals surface area (Å²) in [7, 11) is 0. The summed E-state index contributed by atoms with van der Waals surface area (Å²) in [6, 6.07) is 4.49. The average Bonchev–Trinajstić information content (AvgIpc) is 3.44. The largest absolute Gasteiger partial charge is 0.434 e. The van der Waals surface area contributed by atoms with Crippen molar-refractivity contribution < 1.29 is 13.2 Å². The number of nitrogens with one attached hydrogen (secondary N) is 2. The van der Waals surface area contributed by atoms with Crippen LogP contribution in [0.15, 0.2) is 27.9 Å². The summed E-state index contributed by atoms with van der Waals surface area (Å²) >= 11 is 2.79. The number of thiazole rings is 1. The first kappa shape index (κ1) is 22.0. The van der Waals surface area contributed by atoms with Crippen molar-refractivity contribution in [2.75, 3.05) is 32.7 Å². The van der Waals surface area contributed by atoms with E-state index in [0.29, 0.717) is 37.0 Å². The van der Waals surface area contributed by atoms with Crippen LogP contribution in [-0.4, -0.2) is 48.6 Å². The molecule has 1 aliphatic heterocycles. The zero-order valence-corrected chi connectivity index (χ0v) is 18.0. The molecule has 0 saturated carbocycles. The fraction of sp³-hybridized carbons (Fsp3) is 0.579. The van der Waals surface area contributed by atoms with Crippen LogP contribution in [-0.2, 0) is 12.6 Å². The summed E-state index contributed by atoms with van der Waals surface area (Å²) in [5.41, 5.74) is -0.817. The zero-order chi connectivity index (χ0) is 20.7. The molecule has 1 fully saturated rings. The van der Waals surface area contributed by atoms with Crippen LogP contribution in [0.3, 0.4) is 0 Å². The van der Waals surface area contributed by atoms with Gasteiger partial charge in [-0.3, -0.25) is 9.89 Å². The van der Waals surface area contributed by atoms with Crippen molar-refractivity contribution >= 4 is 28.6 Å². The maximum absolute atomic E-state index is 12.7. The van der Waals surface area contributed by atoms with Crippen molar-refractivity contribution in [1.82, 2.24) is 20.5 Å². The molecular weight excluding hydrogens is 419 g/mol. The maximum atomic E-state index is 12.7. The summed E-state index contributed by atoms with van der Waals surface area (Å²) in [5, 5.41) is 10.1. The van der Waals surface area contributed by atoms with E-state index in [9.17, 15) is 13.2 Å². The highest BCUT2D eigenvalue weighted by Gasteiger charge is 2.33. The van der Waals surface area contributed by atoms with Crippen LogP contribution in [0.4, 0.5) is 13.2 Å². The smallest absolute Gasteiger partial charge is 0.357 e. The maximum Gasteiger partial charge on any atom is 0.434 e. The van der Waals surface area contributed by atoms with Gasteiger partial charge in [0.15, 0.2) is 11.7 Å². The predicted molar refractivity (Wildman–Crippen MR) is 113 cm³/mol. The second-order valence-corrected chi connectivity index (χ2v) is 8.72. The molecule has 3 heterocycles. The lowest BCUT2D eigenvalue weighted by molar-refractivity contribution is -0.140. The molecule has 1 unspecified atom stereocenters. The van der Waals surface area contributed by atoms with Gasteiger partial charge in [-0.15, -0.1) is 22.7 Å². The molecule has 0 aliphatic carbocycles. The molecule has 0 amide bonds. The van der Waals surface area contributed by atoms with Crippen LogP contribution in [0, 0.1) is 0 Å². The Kier molecular flexibility index (Phi) is 7.91.